The van der Waals surface area contributed by atoms with Crippen molar-refractivity contribution in [3.8, 4) is 0 Å². The number of carbonyl (C=O) groups excluding carboxylic acids is 3. The number of nitrogens with zero attached hydrogens (tertiary/aromatic N) is 2. The Morgan fingerprint density at radius 1 is 1.24 bits per heavy atom. The number of hydrogen-bond acceptors (Lipinski definition) is 7. The van der Waals surface area contributed by atoms with E-state index >= 15 is 0 Å². The van der Waals surface area contributed by atoms with Crippen LogP contribution in [0.1, 0.15) is 25.8 Å². The molecule has 0 saturated carbocycles. The highest BCUT2D eigenvalue weighted by atomic mass is 32.2. The molecule has 1 aromatic rings. The molecule has 34 heavy (non-hydrogen) atoms. The van der Waals surface area contributed by atoms with Crippen molar-refractivity contribution in [1.82, 2.24) is 15.1 Å². The Morgan fingerprint density at radius 3 is 2.50 bits per heavy atom. The second-order valence-electron chi connectivity index (χ2n) is 8.38. The van der Waals surface area contributed by atoms with Crippen molar-refractivity contribution in [2.75, 3.05) is 33.0 Å². The Kier molecular flexibility index (Phi) is 10.5. The van der Waals surface area contributed by atoms with Gasteiger partial charge in [-0.3, -0.25) is 9.69 Å². The summed E-state index contributed by atoms with van der Waals surface area (Å²) in [7, 11) is 2.71. The molecule has 2 N–H and O–H groups in total. The van der Waals surface area contributed by atoms with Crippen molar-refractivity contribution in [2.24, 2.45) is 5.92 Å². The van der Waals surface area contributed by atoms with E-state index in [9.17, 15) is 24.3 Å². The van der Waals surface area contributed by atoms with Gasteiger partial charge in [0.2, 0.25) is 5.91 Å². The van der Waals surface area contributed by atoms with Crippen LogP contribution in [0, 0.1) is 5.92 Å². The molecule has 0 bridgehead atoms. The lowest BCUT2D eigenvalue weighted by atomic mass is 10.0. The number of ether oxygens (including phenoxy) is 2. The minimum atomic E-state index is -1.01. The van der Waals surface area contributed by atoms with Crippen molar-refractivity contribution in [3.63, 3.8) is 0 Å². The third kappa shape index (κ3) is 7.82. The van der Waals surface area contributed by atoms with Crippen LogP contribution in [0.4, 0.5) is 9.59 Å². The highest BCUT2D eigenvalue weighted by molar-refractivity contribution is 8.00. The summed E-state index contributed by atoms with van der Waals surface area (Å²) in [5.74, 6) is -0.804. The van der Waals surface area contributed by atoms with Crippen LogP contribution >= 0.6 is 11.8 Å². The summed E-state index contributed by atoms with van der Waals surface area (Å²) in [6, 6.07) is 7.34. The maximum Gasteiger partial charge on any atom is 0.410 e. The Bertz CT molecular complexity index is 852. The quantitative estimate of drug-likeness (QED) is 0.501. The Morgan fingerprint density at radius 2 is 1.91 bits per heavy atom. The lowest BCUT2D eigenvalue weighted by Gasteiger charge is -2.33. The minimum absolute atomic E-state index is 0.0697. The number of rotatable bonds is 9. The number of benzene rings is 1. The van der Waals surface area contributed by atoms with Crippen LogP contribution in [0.25, 0.3) is 0 Å². The summed E-state index contributed by atoms with van der Waals surface area (Å²) in [4.78, 5) is 52.0. The first-order valence-corrected chi connectivity index (χ1v) is 12.1. The predicted molar refractivity (Wildman–Crippen MR) is 127 cm³/mol. The first kappa shape index (κ1) is 27.3. The lowest BCUT2D eigenvalue weighted by molar-refractivity contribution is -0.146. The molecule has 2 rings (SSSR count). The normalized spacial score (nSPS) is 17.4. The van der Waals surface area contributed by atoms with Gasteiger partial charge < -0.3 is 24.8 Å². The summed E-state index contributed by atoms with van der Waals surface area (Å²) >= 11 is 1.55. The molecule has 10 nitrogen and oxygen atoms in total. The van der Waals surface area contributed by atoms with Gasteiger partial charge in [-0.15, -0.1) is 0 Å². The predicted octanol–water partition coefficient (Wildman–Crippen LogP) is 2.42. The van der Waals surface area contributed by atoms with E-state index < -0.39 is 36.1 Å². The second-order valence-corrected chi connectivity index (χ2v) is 9.79. The van der Waals surface area contributed by atoms with Crippen LogP contribution in [-0.2, 0) is 25.7 Å². The second kappa shape index (κ2) is 13.1. The first-order valence-electron chi connectivity index (χ1n) is 11.0. The molecule has 0 radical (unpaired) electrons. The Balaban J connectivity index is 2.05. The average molecular weight is 496 g/mol. The molecule has 3 amide bonds. The van der Waals surface area contributed by atoms with E-state index in [-0.39, 0.29) is 30.7 Å². The maximum atomic E-state index is 13.2. The number of nitrogens with one attached hydrogen (secondary N) is 1. The number of hydrogen-bond donors (Lipinski definition) is 2. The molecule has 3 unspecified atom stereocenters. The van der Waals surface area contributed by atoms with Gasteiger partial charge in [-0.1, -0.05) is 44.2 Å². The number of carboxylic acid groups (broad SMARTS) is 1. The molecular formula is C23H33N3O7S. The average Bonchev–Trinajstić information content (AvgIpc) is 2.82. The van der Waals surface area contributed by atoms with E-state index in [4.69, 9.17) is 9.47 Å². The summed E-state index contributed by atoms with van der Waals surface area (Å²) in [6.07, 6.45) is -1.47. The smallest absolute Gasteiger partial charge is 0.410 e. The van der Waals surface area contributed by atoms with Crippen LogP contribution in [0.2, 0.25) is 0 Å². The third-order valence-electron chi connectivity index (χ3n) is 5.52. The number of amides is 3. The van der Waals surface area contributed by atoms with Gasteiger partial charge in [0.15, 0.2) is 0 Å². The number of methoxy groups -OCH3 is 1. The van der Waals surface area contributed by atoms with Crippen LogP contribution in [-0.4, -0.2) is 89.3 Å². The Labute approximate surface area is 203 Å². The maximum absolute atomic E-state index is 13.2. The molecule has 1 aliphatic heterocycles. The zero-order chi connectivity index (χ0) is 25.3. The monoisotopic (exact) mass is 495 g/mol. The molecular weight excluding hydrogens is 462 g/mol. The molecule has 11 heteroatoms. The van der Waals surface area contributed by atoms with Gasteiger partial charge in [0, 0.05) is 31.1 Å². The van der Waals surface area contributed by atoms with E-state index in [1.54, 1.807) is 25.6 Å². The topological polar surface area (TPSA) is 125 Å². The number of carbonyl (C=O) groups is 4. The van der Waals surface area contributed by atoms with Gasteiger partial charge in [0.25, 0.3) is 0 Å². The number of thioether (sulfide) groups is 1. The molecule has 1 saturated heterocycles. The molecule has 0 aliphatic carbocycles. The highest BCUT2D eigenvalue weighted by Gasteiger charge is 2.35. The highest BCUT2D eigenvalue weighted by Crippen LogP contribution is 2.23. The van der Waals surface area contributed by atoms with Crippen molar-refractivity contribution < 1.29 is 33.8 Å². The van der Waals surface area contributed by atoms with Gasteiger partial charge in [0.1, 0.15) is 18.7 Å². The SMILES string of the molecule is COC(=O)C(CC1CN(C(=O)O)CCS1)NC(=O)C(C(C)C)N(C)C(=O)OCc1ccccc1. The van der Waals surface area contributed by atoms with E-state index in [0.717, 1.165) is 5.56 Å². The molecule has 1 heterocycles. The van der Waals surface area contributed by atoms with Gasteiger partial charge in [-0.05, 0) is 17.9 Å². The molecule has 188 valence electrons. The summed E-state index contributed by atoms with van der Waals surface area (Å²) in [6.45, 7) is 4.32. The fourth-order valence-electron chi connectivity index (χ4n) is 3.77. The van der Waals surface area contributed by atoms with Crippen LogP contribution in [0.5, 0.6) is 0 Å². The molecule has 0 spiro atoms. The standard InChI is InChI=1S/C23H33N3O7S/c1-15(2)19(25(3)23(31)33-14-16-8-6-5-7-9-16)20(27)24-18(21(28)32-4)12-17-13-26(22(29)30)10-11-34-17/h5-9,15,17-19H,10-14H2,1-4H3,(H,24,27)(H,29,30). The van der Waals surface area contributed by atoms with Crippen LogP contribution in [0.15, 0.2) is 30.3 Å². The largest absolute Gasteiger partial charge is 0.467 e. The van der Waals surface area contributed by atoms with Gasteiger partial charge >= 0.3 is 18.2 Å². The zero-order valence-corrected chi connectivity index (χ0v) is 20.7. The Hall–Kier alpha value is -2.95. The van der Waals surface area contributed by atoms with Crippen molar-refractivity contribution in [1.29, 1.82) is 0 Å². The molecule has 3 atom stereocenters. The number of likely N-dealkylation sites (N-methyl/N-ethyl adjacent to an activating group) is 1. The molecule has 1 aliphatic rings. The van der Waals surface area contributed by atoms with E-state index in [1.807, 2.05) is 30.3 Å². The summed E-state index contributed by atoms with van der Waals surface area (Å²) < 4.78 is 10.2. The van der Waals surface area contributed by atoms with Crippen LogP contribution in [0.3, 0.4) is 0 Å². The van der Waals surface area contributed by atoms with Gasteiger partial charge in [-0.2, -0.15) is 11.8 Å². The lowest BCUT2D eigenvalue weighted by Crippen LogP contribution is -2.55. The van der Waals surface area contributed by atoms with Crippen molar-refractivity contribution in [3.05, 3.63) is 35.9 Å². The zero-order valence-electron chi connectivity index (χ0n) is 19.9. The van der Waals surface area contributed by atoms with E-state index in [0.29, 0.717) is 12.3 Å². The number of esters is 1. The van der Waals surface area contributed by atoms with Crippen molar-refractivity contribution in [2.45, 2.75) is 44.2 Å². The van der Waals surface area contributed by atoms with E-state index in [1.165, 1.54) is 24.0 Å². The van der Waals surface area contributed by atoms with Gasteiger partial charge in [0.05, 0.1) is 7.11 Å². The van der Waals surface area contributed by atoms with Crippen LogP contribution < -0.4 is 5.32 Å². The van der Waals surface area contributed by atoms with Crippen molar-refractivity contribution >= 4 is 35.8 Å². The molecule has 1 aromatic carbocycles. The fourth-order valence-corrected chi connectivity index (χ4v) is 5.05. The fraction of sp³-hybridized carbons (Fsp3) is 0.565. The summed E-state index contributed by atoms with van der Waals surface area (Å²) in [5, 5.41) is 11.8. The summed E-state index contributed by atoms with van der Waals surface area (Å²) in [5.41, 5.74) is 0.820. The van der Waals surface area contributed by atoms with E-state index in [2.05, 4.69) is 5.32 Å². The molecule has 1 fully saturated rings. The first-order chi connectivity index (χ1) is 16.1. The third-order valence-corrected chi connectivity index (χ3v) is 6.75. The molecule has 0 aromatic heterocycles. The van der Waals surface area contributed by atoms with Gasteiger partial charge in [-0.25, -0.2) is 14.4 Å². The minimum Gasteiger partial charge on any atom is -0.467 e.